The van der Waals surface area contributed by atoms with Crippen molar-refractivity contribution >= 4 is 11.6 Å². The fourth-order valence-corrected chi connectivity index (χ4v) is 5.53. The number of anilines is 1. The molecule has 5 heteroatoms. The van der Waals surface area contributed by atoms with Gasteiger partial charge in [-0.3, -0.25) is 9.78 Å². The summed E-state index contributed by atoms with van der Waals surface area (Å²) in [7, 11) is 0. The van der Waals surface area contributed by atoms with Gasteiger partial charge in [-0.05, 0) is 59.9 Å². The van der Waals surface area contributed by atoms with E-state index in [0.717, 1.165) is 60.4 Å². The predicted molar refractivity (Wildman–Crippen MR) is 145 cm³/mol. The Bertz CT molecular complexity index is 1330. The highest BCUT2D eigenvalue weighted by molar-refractivity contribution is 5.98. The van der Waals surface area contributed by atoms with Crippen molar-refractivity contribution < 1.29 is 9.53 Å². The van der Waals surface area contributed by atoms with Crippen LogP contribution in [0.25, 0.3) is 0 Å². The number of carbonyl (C=O) groups is 1. The summed E-state index contributed by atoms with van der Waals surface area (Å²) in [6, 6.07) is 33.3. The molecule has 3 aromatic carbocycles. The molecule has 4 aromatic rings. The monoisotopic (exact) mass is 489 g/mol. The molecule has 1 saturated heterocycles. The lowest BCUT2D eigenvalue weighted by atomic mass is 9.99. The van der Waals surface area contributed by atoms with Crippen molar-refractivity contribution in [3.05, 3.63) is 131 Å². The van der Waals surface area contributed by atoms with Crippen molar-refractivity contribution in [3.8, 4) is 0 Å². The summed E-state index contributed by atoms with van der Waals surface area (Å²) in [5.41, 5.74) is 6.42. The number of carbonyl (C=O) groups excluding carboxylic acids is 1. The van der Waals surface area contributed by atoms with Crippen LogP contribution in [0.3, 0.4) is 0 Å². The van der Waals surface area contributed by atoms with E-state index < -0.39 is 0 Å². The molecule has 1 atom stereocenters. The molecule has 5 nitrogen and oxygen atoms in total. The van der Waals surface area contributed by atoms with E-state index in [9.17, 15) is 4.79 Å². The van der Waals surface area contributed by atoms with Crippen LogP contribution >= 0.6 is 0 Å². The third kappa shape index (κ3) is 5.00. The highest BCUT2D eigenvalue weighted by Gasteiger charge is 2.34. The fourth-order valence-electron chi connectivity index (χ4n) is 5.53. The zero-order chi connectivity index (χ0) is 25.0. The number of rotatable bonds is 7. The minimum Gasteiger partial charge on any atom is -0.371 e. The second kappa shape index (κ2) is 10.6. The van der Waals surface area contributed by atoms with Gasteiger partial charge in [0.2, 0.25) is 0 Å². The molecular formula is C32H31N3O2. The average molecular weight is 490 g/mol. The zero-order valence-electron chi connectivity index (χ0n) is 20.9. The zero-order valence-corrected chi connectivity index (χ0v) is 20.9. The summed E-state index contributed by atoms with van der Waals surface area (Å²) in [6.45, 7) is 3.09. The van der Waals surface area contributed by atoms with Crippen LogP contribution in [0.5, 0.6) is 0 Å². The number of ether oxygens (including phenoxy) is 1. The first-order chi connectivity index (χ1) is 18.3. The number of amides is 1. The lowest BCUT2D eigenvalue weighted by molar-refractivity contribution is 0.0646. The summed E-state index contributed by atoms with van der Waals surface area (Å²) in [4.78, 5) is 21.8. The van der Waals surface area contributed by atoms with Crippen molar-refractivity contribution in [2.75, 3.05) is 18.0 Å². The maximum Gasteiger partial charge on any atom is 0.254 e. The van der Waals surface area contributed by atoms with Gasteiger partial charge in [0.15, 0.2) is 0 Å². The molecule has 3 heterocycles. The highest BCUT2D eigenvalue weighted by atomic mass is 16.5. The number of benzene rings is 3. The minimum atomic E-state index is -0.161. The molecule has 1 aromatic heterocycles. The number of nitrogens with zero attached hydrogens (tertiary/aromatic N) is 3. The largest absolute Gasteiger partial charge is 0.371 e. The summed E-state index contributed by atoms with van der Waals surface area (Å²) in [5, 5.41) is 0. The number of fused-ring (bicyclic) bond motifs is 1. The van der Waals surface area contributed by atoms with Gasteiger partial charge in [0, 0.05) is 43.1 Å². The summed E-state index contributed by atoms with van der Waals surface area (Å²) < 4.78 is 6.38. The second-order valence-electron chi connectivity index (χ2n) is 9.82. The maximum atomic E-state index is 12.9. The van der Waals surface area contributed by atoms with E-state index >= 15 is 0 Å². The van der Waals surface area contributed by atoms with Gasteiger partial charge in [-0.25, -0.2) is 0 Å². The first kappa shape index (κ1) is 23.4. The molecule has 2 aliphatic heterocycles. The second-order valence-corrected chi connectivity index (χ2v) is 9.82. The van der Waals surface area contributed by atoms with Crippen LogP contribution in [0, 0.1) is 0 Å². The van der Waals surface area contributed by atoms with Crippen LogP contribution in [-0.2, 0) is 17.9 Å². The SMILES string of the molecule is O=C1c2ccccc2CN1C1CCN(c2ccc(C(OCc3ccccn3)c3ccccc3)cc2)CC1. The average Bonchev–Trinajstić information content (AvgIpc) is 3.31. The normalized spacial score (nSPS) is 16.6. The molecule has 1 amide bonds. The van der Waals surface area contributed by atoms with Gasteiger partial charge in [0.05, 0.1) is 12.3 Å². The summed E-state index contributed by atoms with van der Waals surface area (Å²) in [6.07, 6.45) is 3.61. The molecule has 0 bridgehead atoms. The Morgan fingerprint density at radius 2 is 1.51 bits per heavy atom. The van der Waals surface area contributed by atoms with Crippen LogP contribution in [0.1, 0.15) is 51.7 Å². The third-order valence-electron chi connectivity index (χ3n) is 7.54. The van der Waals surface area contributed by atoms with E-state index in [1.807, 2.05) is 42.5 Å². The van der Waals surface area contributed by atoms with Gasteiger partial charge in [0.1, 0.15) is 6.10 Å². The number of hydrogen-bond donors (Lipinski definition) is 0. The van der Waals surface area contributed by atoms with Gasteiger partial charge in [-0.1, -0.05) is 66.7 Å². The van der Waals surface area contributed by atoms with E-state index in [0.29, 0.717) is 12.6 Å². The Morgan fingerprint density at radius 1 is 0.811 bits per heavy atom. The molecular weight excluding hydrogens is 458 g/mol. The highest BCUT2D eigenvalue weighted by Crippen LogP contribution is 2.32. The Labute approximate surface area is 218 Å². The topological polar surface area (TPSA) is 45.7 Å². The molecule has 2 aliphatic rings. The third-order valence-corrected chi connectivity index (χ3v) is 7.54. The molecule has 186 valence electrons. The Morgan fingerprint density at radius 3 is 2.24 bits per heavy atom. The van der Waals surface area contributed by atoms with Crippen molar-refractivity contribution in [2.45, 2.75) is 38.1 Å². The summed E-state index contributed by atoms with van der Waals surface area (Å²) >= 11 is 0. The Kier molecular flexibility index (Phi) is 6.70. The van der Waals surface area contributed by atoms with E-state index in [1.54, 1.807) is 6.20 Å². The van der Waals surface area contributed by atoms with Crippen molar-refractivity contribution in [3.63, 3.8) is 0 Å². The maximum absolute atomic E-state index is 12.9. The van der Waals surface area contributed by atoms with E-state index in [1.165, 1.54) is 5.69 Å². The molecule has 1 unspecified atom stereocenters. The Balaban J connectivity index is 1.12. The van der Waals surface area contributed by atoms with Crippen molar-refractivity contribution in [1.82, 2.24) is 9.88 Å². The van der Waals surface area contributed by atoms with Crippen molar-refractivity contribution in [2.24, 2.45) is 0 Å². The van der Waals surface area contributed by atoms with Crippen LogP contribution < -0.4 is 4.90 Å². The number of piperidine rings is 1. The lowest BCUT2D eigenvalue weighted by Gasteiger charge is -2.38. The molecule has 0 spiro atoms. The molecule has 0 radical (unpaired) electrons. The van der Waals surface area contributed by atoms with Gasteiger partial charge < -0.3 is 14.5 Å². The van der Waals surface area contributed by atoms with Gasteiger partial charge >= 0.3 is 0 Å². The van der Waals surface area contributed by atoms with Gasteiger partial charge in [-0.2, -0.15) is 0 Å². The standard InChI is InChI=1S/C32H31N3O2/c36-32-30-12-5-4-10-26(30)22-35(32)29-17-20-34(21-18-29)28-15-13-25(14-16-28)31(24-8-2-1-3-9-24)37-23-27-11-6-7-19-33-27/h1-16,19,29,31H,17-18,20-23H2. The number of hydrogen-bond acceptors (Lipinski definition) is 4. The molecule has 0 N–H and O–H groups in total. The lowest BCUT2D eigenvalue weighted by Crippen LogP contribution is -2.45. The molecule has 1 fully saturated rings. The van der Waals surface area contributed by atoms with Crippen LogP contribution in [-0.4, -0.2) is 34.9 Å². The fraction of sp³-hybridized carbons (Fsp3) is 0.250. The van der Waals surface area contributed by atoms with E-state index in [2.05, 4.69) is 69.4 Å². The minimum absolute atomic E-state index is 0.161. The van der Waals surface area contributed by atoms with Crippen molar-refractivity contribution in [1.29, 1.82) is 0 Å². The van der Waals surface area contributed by atoms with E-state index in [4.69, 9.17) is 4.74 Å². The first-order valence-corrected chi connectivity index (χ1v) is 13.1. The number of pyridine rings is 1. The van der Waals surface area contributed by atoms with E-state index in [-0.39, 0.29) is 12.0 Å². The summed E-state index contributed by atoms with van der Waals surface area (Å²) in [5.74, 6) is 0.191. The first-order valence-electron chi connectivity index (χ1n) is 13.1. The predicted octanol–water partition coefficient (Wildman–Crippen LogP) is 6.01. The smallest absolute Gasteiger partial charge is 0.254 e. The van der Waals surface area contributed by atoms with Gasteiger partial charge in [0.25, 0.3) is 5.91 Å². The molecule has 6 rings (SSSR count). The number of aromatic nitrogens is 1. The quantitative estimate of drug-likeness (QED) is 0.319. The molecule has 37 heavy (non-hydrogen) atoms. The molecule has 0 aliphatic carbocycles. The van der Waals surface area contributed by atoms with Crippen LogP contribution in [0.4, 0.5) is 5.69 Å². The molecule has 0 saturated carbocycles. The van der Waals surface area contributed by atoms with Gasteiger partial charge in [-0.15, -0.1) is 0 Å². The Hall–Kier alpha value is -3.96. The van der Waals surface area contributed by atoms with Crippen LogP contribution in [0.2, 0.25) is 0 Å². The van der Waals surface area contributed by atoms with Crippen LogP contribution in [0.15, 0.2) is 103 Å².